The molecule has 0 saturated carbocycles. The number of aliphatic imine (C=N–C) groups is 1. The van der Waals surface area contributed by atoms with Gasteiger partial charge in [0.15, 0.2) is 5.84 Å². The van der Waals surface area contributed by atoms with Crippen molar-refractivity contribution in [3.05, 3.63) is 132 Å². The van der Waals surface area contributed by atoms with Crippen LogP contribution in [0.25, 0.3) is 44.2 Å². The fraction of sp³-hybridized carbons (Fsp3) is 0.0303. The van der Waals surface area contributed by atoms with E-state index in [0.717, 1.165) is 44.2 Å². The van der Waals surface area contributed by atoms with Crippen LogP contribution in [-0.4, -0.2) is 18.7 Å². The molecule has 6 rings (SSSR count). The molecule has 178 valence electrons. The normalized spacial score (nSPS) is 11.6. The standard InChI is InChI=1S/C33H25N3O/c1-35-33(25-20-18-23(19-21-25)22-10-4-2-5-11-22)36-32(34)29-17-9-16-28-27-15-8-14-26(30(27)37-31(28)29)24-12-6-3-7-13-24/h2-21H,1H3,(H2,34,35,36). The molecular weight excluding hydrogens is 454 g/mol. The molecule has 6 aromatic rings. The zero-order chi connectivity index (χ0) is 25.2. The van der Waals surface area contributed by atoms with Gasteiger partial charge in [0.1, 0.15) is 17.0 Å². The Morgan fingerprint density at radius 1 is 0.622 bits per heavy atom. The molecule has 0 spiro atoms. The molecule has 1 heterocycles. The van der Waals surface area contributed by atoms with Crippen molar-refractivity contribution in [2.45, 2.75) is 0 Å². The van der Waals surface area contributed by atoms with Crippen LogP contribution >= 0.6 is 0 Å². The predicted molar refractivity (Wildman–Crippen MR) is 153 cm³/mol. The monoisotopic (exact) mass is 479 g/mol. The molecule has 2 N–H and O–H groups in total. The zero-order valence-electron chi connectivity index (χ0n) is 20.4. The minimum absolute atomic E-state index is 0.141. The number of para-hydroxylation sites is 2. The fourth-order valence-corrected chi connectivity index (χ4v) is 4.74. The van der Waals surface area contributed by atoms with Gasteiger partial charge in [-0.2, -0.15) is 0 Å². The van der Waals surface area contributed by atoms with E-state index in [1.807, 2.05) is 79.8 Å². The van der Waals surface area contributed by atoms with E-state index < -0.39 is 0 Å². The van der Waals surface area contributed by atoms with Crippen LogP contribution < -0.4 is 5.32 Å². The van der Waals surface area contributed by atoms with Crippen LogP contribution in [0.2, 0.25) is 0 Å². The van der Waals surface area contributed by atoms with E-state index in [-0.39, 0.29) is 5.84 Å². The summed E-state index contributed by atoms with van der Waals surface area (Å²) >= 11 is 0. The summed E-state index contributed by atoms with van der Waals surface area (Å²) in [4.78, 5) is 4.67. The highest BCUT2D eigenvalue weighted by atomic mass is 16.3. The average Bonchev–Trinajstić information content (AvgIpc) is 3.36. The summed E-state index contributed by atoms with van der Waals surface area (Å²) in [5, 5.41) is 14.0. The number of nitrogens with one attached hydrogen (secondary N) is 2. The molecular formula is C33H25N3O. The number of hydrogen-bond donors (Lipinski definition) is 2. The minimum Gasteiger partial charge on any atom is -0.455 e. The van der Waals surface area contributed by atoms with Crippen molar-refractivity contribution in [2.24, 2.45) is 4.99 Å². The lowest BCUT2D eigenvalue weighted by Crippen LogP contribution is -2.21. The van der Waals surface area contributed by atoms with Gasteiger partial charge in [0.05, 0.1) is 5.56 Å². The summed E-state index contributed by atoms with van der Waals surface area (Å²) in [5.41, 5.74) is 7.48. The number of hydrogen-bond acceptors (Lipinski definition) is 2. The molecule has 0 fully saturated rings. The summed E-state index contributed by atoms with van der Waals surface area (Å²) in [6.07, 6.45) is 0. The third-order valence-electron chi connectivity index (χ3n) is 6.59. The second-order valence-corrected chi connectivity index (χ2v) is 8.83. The smallest absolute Gasteiger partial charge is 0.158 e. The highest BCUT2D eigenvalue weighted by Gasteiger charge is 2.17. The molecule has 0 bridgehead atoms. The lowest BCUT2D eigenvalue weighted by atomic mass is 10.0. The minimum atomic E-state index is 0.141. The van der Waals surface area contributed by atoms with E-state index in [1.54, 1.807) is 0 Å². The van der Waals surface area contributed by atoms with Crippen molar-refractivity contribution in [2.75, 3.05) is 7.05 Å². The Morgan fingerprint density at radius 2 is 1.22 bits per heavy atom. The Labute approximate surface area is 215 Å². The number of nitrogens with zero attached hydrogens (tertiary/aromatic N) is 1. The quantitative estimate of drug-likeness (QED) is 0.199. The maximum atomic E-state index is 8.88. The topological polar surface area (TPSA) is 61.4 Å². The van der Waals surface area contributed by atoms with Crippen molar-refractivity contribution < 1.29 is 4.42 Å². The van der Waals surface area contributed by atoms with Gasteiger partial charge >= 0.3 is 0 Å². The van der Waals surface area contributed by atoms with Gasteiger partial charge in [-0.15, -0.1) is 0 Å². The second kappa shape index (κ2) is 9.59. The van der Waals surface area contributed by atoms with Gasteiger partial charge in [0, 0.05) is 28.9 Å². The summed E-state index contributed by atoms with van der Waals surface area (Å²) in [6, 6.07) is 40.8. The maximum absolute atomic E-state index is 8.88. The Bertz CT molecular complexity index is 1750. The van der Waals surface area contributed by atoms with Gasteiger partial charge < -0.3 is 9.73 Å². The first-order valence-corrected chi connectivity index (χ1v) is 12.2. The van der Waals surface area contributed by atoms with Crippen molar-refractivity contribution >= 4 is 33.6 Å². The summed E-state index contributed by atoms with van der Waals surface area (Å²) in [6.45, 7) is 0. The second-order valence-electron chi connectivity index (χ2n) is 8.83. The van der Waals surface area contributed by atoms with Crippen molar-refractivity contribution in [1.29, 1.82) is 5.41 Å². The summed E-state index contributed by atoms with van der Waals surface area (Å²) < 4.78 is 6.45. The molecule has 0 atom stereocenters. The van der Waals surface area contributed by atoms with Crippen LogP contribution in [0.4, 0.5) is 0 Å². The van der Waals surface area contributed by atoms with Gasteiger partial charge in [-0.05, 0) is 22.8 Å². The van der Waals surface area contributed by atoms with E-state index in [9.17, 15) is 0 Å². The number of fused-ring (bicyclic) bond motifs is 3. The Hall–Kier alpha value is -4.96. The van der Waals surface area contributed by atoms with E-state index in [1.165, 1.54) is 0 Å². The lowest BCUT2D eigenvalue weighted by Gasteiger charge is -2.09. The molecule has 0 aliphatic rings. The highest BCUT2D eigenvalue weighted by Crippen LogP contribution is 2.37. The van der Waals surface area contributed by atoms with Gasteiger partial charge in [-0.3, -0.25) is 5.41 Å². The molecule has 0 radical (unpaired) electrons. The van der Waals surface area contributed by atoms with Crippen LogP contribution in [0.3, 0.4) is 0 Å². The highest BCUT2D eigenvalue weighted by molar-refractivity contribution is 6.18. The molecule has 0 aliphatic heterocycles. The first-order chi connectivity index (χ1) is 18.2. The Kier molecular flexibility index (Phi) is 5.83. The van der Waals surface area contributed by atoms with Gasteiger partial charge in [0.2, 0.25) is 0 Å². The molecule has 0 amide bonds. The van der Waals surface area contributed by atoms with Crippen LogP contribution in [0.15, 0.2) is 131 Å². The zero-order valence-corrected chi connectivity index (χ0v) is 20.4. The Balaban J connectivity index is 1.39. The molecule has 4 nitrogen and oxygen atoms in total. The van der Waals surface area contributed by atoms with Gasteiger partial charge in [0.25, 0.3) is 0 Å². The van der Waals surface area contributed by atoms with Crippen molar-refractivity contribution in [3.8, 4) is 22.3 Å². The maximum Gasteiger partial charge on any atom is 0.158 e. The third-order valence-corrected chi connectivity index (χ3v) is 6.59. The van der Waals surface area contributed by atoms with Gasteiger partial charge in [-0.25, -0.2) is 4.99 Å². The number of rotatable bonds is 4. The lowest BCUT2D eigenvalue weighted by molar-refractivity contribution is 0.669. The fourth-order valence-electron chi connectivity index (χ4n) is 4.74. The third kappa shape index (κ3) is 4.19. The molecule has 4 heteroatoms. The van der Waals surface area contributed by atoms with Crippen LogP contribution in [0.1, 0.15) is 11.1 Å². The van der Waals surface area contributed by atoms with Crippen LogP contribution in [0, 0.1) is 5.41 Å². The van der Waals surface area contributed by atoms with E-state index >= 15 is 0 Å². The largest absolute Gasteiger partial charge is 0.455 e. The van der Waals surface area contributed by atoms with E-state index in [0.29, 0.717) is 17.0 Å². The van der Waals surface area contributed by atoms with Gasteiger partial charge in [-0.1, -0.05) is 115 Å². The molecule has 5 aromatic carbocycles. The molecule has 37 heavy (non-hydrogen) atoms. The first kappa shape index (κ1) is 22.5. The molecule has 1 aromatic heterocycles. The van der Waals surface area contributed by atoms with Crippen molar-refractivity contribution in [1.82, 2.24) is 5.32 Å². The van der Waals surface area contributed by atoms with E-state index in [2.05, 4.69) is 58.8 Å². The number of benzene rings is 5. The Morgan fingerprint density at radius 3 is 1.89 bits per heavy atom. The van der Waals surface area contributed by atoms with E-state index in [4.69, 9.17) is 9.83 Å². The summed E-state index contributed by atoms with van der Waals surface area (Å²) in [7, 11) is 1.82. The molecule has 0 aliphatic carbocycles. The summed E-state index contributed by atoms with van der Waals surface area (Å²) in [5.74, 6) is 0.769. The first-order valence-electron chi connectivity index (χ1n) is 12.2. The predicted octanol–water partition coefficient (Wildman–Crippen LogP) is 7.91. The number of amidine groups is 2. The number of furan rings is 1. The average molecular weight is 480 g/mol. The van der Waals surface area contributed by atoms with Crippen molar-refractivity contribution in [3.63, 3.8) is 0 Å². The van der Waals surface area contributed by atoms with Crippen LogP contribution in [-0.2, 0) is 0 Å². The van der Waals surface area contributed by atoms with Crippen LogP contribution in [0.5, 0.6) is 0 Å². The SMILES string of the molecule is CN/C(=N\C(=N)c1cccc2c1oc1c(-c3ccccc3)cccc12)c1ccc(-c2ccccc2)cc1. The molecule has 0 saturated heterocycles. The molecule has 0 unspecified atom stereocenters.